The Bertz CT molecular complexity index is 593. The first-order valence-corrected chi connectivity index (χ1v) is 12.9. The molecule has 0 fully saturated rings. The molecule has 0 saturated carbocycles. The molecule has 2 rings (SSSR count). The average molecular weight is 459 g/mol. The molecule has 0 aromatic heterocycles. The Morgan fingerprint density at radius 2 is 1.12 bits per heavy atom. The van der Waals surface area contributed by atoms with Crippen LogP contribution >= 0.6 is 0 Å². The first-order chi connectivity index (χ1) is 11.9. The van der Waals surface area contributed by atoms with Gasteiger partial charge in [-0.15, -0.1) is 0 Å². The number of hydrogen-bond donors (Lipinski definition) is 0. The zero-order valence-electron chi connectivity index (χ0n) is 14.2. The fourth-order valence-electron chi connectivity index (χ4n) is 2.27. The van der Waals surface area contributed by atoms with E-state index in [0.29, 0.717) is 25.7 Å². The van der Waals surface area contributed by atoms with Gasteiger partial charge in [-0.25, -0.2) is 0 Å². The topological polar surface area (TPSA) is 105 Å². The van der Waals surface area contributed by atoms with Gasteiger partial charge in [0.25, 0.3) is 0 Å². The molecule has 0 aromatic carbocycles. The monoisotopic (exact) mass is 460 g/mol. The van der Waals surface area contributed by atoms with Crippen molar-refractivity contribution in [1.82, 2.24) is 0 Å². The minimum atomic E-state index is -5.48. The third-order valence-corrected chi connectivity index (χ3v) is 8.66. The van der Waals surface area contributed by atoms with Crippen LogP contribution in [0, 0.1) is 0 Å². The molecule has 2 aliphatic rings. The molecule has 0 radical (unpaired) electrons. The molecule has 0 aromatic rings. The molecule has 0 bridgehead atoms. The summed E-state index contributed by atoms with van der Waals surface area (Å²) in [5.74, 6) is -3.53. The van der Waals surface area contributed by atoms with Crippen LogP contribution in [0.15, 0.2) is 23.3 Å². The molecule has 1 spiro atoms. The minimum absolute atomic E-state index is 0.107. The molecular formula is C16H20O8Sn. The number of rotatable bonds is 6. The Hall–Kier alpha value is -1.84. The van der Waals surface area contributed by atoms with Crippen molar-refractivity contribution in [3.8, 4) is 0 Å². The van der Waals surface area contributed by atoms with E-state index in [4.69, 9.17) is 12.3 Å². The second-order valence-corrected chi connectivity index (χ2v) is 10.9. The van der Waals surface area contributed by atoms with E-state index in [1.54, 1.807) is 0 Å². The normalized spacial score (nSPS) is 19.8. The summed E-state index contributed by atoms with van der Waals surface area (Å²) in [6.45, 7) is 3.86. The van der Waals surface area contributed by atoms with E-state index < -0.39 is 43.9 Å². The molecule has 0 atom stereocenters. The van der Waals surface area contributed by atoms with Gasteiger partial charge in [-0.1, -0.05) is 0 Å². The molecule has 25 heavy (non-hydrogen) atoms. The summed E-state index contributed by atoms with van der Waals surface area (Å²) in [6.07, 6.45) is 5.58. The maximum atomic E-state index is 12.2. The van der Waals surface area contributed by atoms with Crippen molar-refractivity contribution in [2.45, 2.75) is 52.4 Å². The standard InChI is InChI=1S/2C8H12O4.Sn/c2*1-2-3-4-6(8(11)12)5-7(9)10;/h2*5H,2-4H2,1H3,(H,9,10)(H,11,12);/q;;+4/p-4. The van der Waals surface area contributed by atoms with Crippen LogP contribution in [-0.2, 0) is 31.5 Å². The summed E-state index contributed by atoms with van der Waals surface area (Å²) in [5.41, 5.74) is 0.215. The summed E-state index contributed by atoms with van der Waals surface area (Å²) in [7, 11) is 0. The Morgan fingerprint density at radius 3 is 1.48 bits per heavy atom. The quantitative estimate of drug-likeness (QED) is 0.555. The van der Waals surface area contributed by atoms with Crippen molar-refractivity contribution in [3.63, 3.8) is 0 Å². The van der Waals surface area contributed by atoms with Crippen LogP contribution in [0.3, 0.4) is 0 Å². The van der Waals surface area contributed by atoms with E-state index >= 15 is 0 Å². The summed E-state index contributed by atoms with van der Waals surface area (Å²) in [6, 6.07) is 0. The Kier molecular flexibility index (Phi) is 6.63. The predicted molar refractivity (Wildman–Crippen MR) is 85.3 cm³/mol. The second-order valence-electron chi connectivity index (χ2n) is 5.67. The Labute approximate surface area is 151 Å². The van der Waals surface area contributed by atoms with Crippen molar-refractivity contribution in [2.75, 3.05) is 0 Å². The van der Waals surface area contributed by atoms with E-state index in [9.17, 15) is 19.2 Å². The van der Waals surface area contributed by atoms with Crippen molar-refractivity contribution < 1.29 is 31.5 Å². The Balaban J connectivity index is 2.22. The molecular weight excluding hydrogens is 439 g/mol. The molecule has 0 unspecified atom stereocenters. The molecule has 8 nitrogen and oxygen atoms in total. The number of carbonyl (C=O) groups excluding carboxylic acids is 4. The van der Waals surface area contributed by atoms with E-state index in [1.165, 1.54) is 0 Å². The molecule has 2 heterocycles. The van der Waals surface area contributed by atoms with Gasteiger partial charge in [-0.05, 0) is 0 Å². The van der Waals surface area contributed by atoms with Gasteiger partial charge in [0.05, 0.1) is 0 Å². The van der Waals surface area contributed by atoms with Crippen LogP contribution in [0.4, 0.5) is 0 Å². The van der Waals surface area contributed by atoms with Crippen molar-refractivity contribution >= 4 is 43.9 Å². The average Bonchev–Trinajstić information content (AvgIpc) is 2.72. The van der Waals surface area contributed by atoms with E-state index in [0.717, 1.165) is 25.0 Å². The van der Waals surface area contributed by atoms with Gasteiger partial charge in [-0.3, -0.25) is 0 Å². The number of carbonyl (C=O) groups is 4. The van der Waals surface area contributed by atoms with Crippen LogP contribution in [0.2, 0.25) is 0 Å². The van der Waals surface area contributed by atoms with Crippen LogP contribution in [0.5, 0.6) is 0 Å². The van der Waals surface area contributed by atoms with Gasteiger partial charge in [0.15, 0.2) is 0 Å². The molecule has 0 saturated heterocycles. The maximum absolute atomic E-state index is 12.2. The molecule has 0 N–H and O–H groups in total. The van der Waals surface area contributed by atoms with Gasteiger partial charge in [-0.2, -0.15) is 0 Å². The van der Waals surface area contributed by atoms with Crippen LogP contribution in [-0.4, -0.2) is 43.9 Å². The fourth-order valence-corrected chi connectivity index (χ4v) is 6.77. The third kappa shape index (κ3) is 5.07. The van der Waals surface area contributed by atoms with E-state index in [-0.39, 0.29) is 11.1 Å². The van der Waals surface area contributed by atoms with Crippen LogP contribution < -0.4 is 0 Å². The molecule has 9 heteroatoms. The van der Waals surface area contributed by atoms with Gasteiger partial charge in [0.1, 0.15) is 0 Å². The predicted octanol–water partition coefficient (Wildman–Crippen LogP) is 1.86. The fraction of sp³-hybridized carbons (Fsp3) is 0.500. The zero-order valence-corrected chi connectivity index (χ0v) is 17.0. The summed E-state index contributed by atoms with van der Waals surface area (Å²) < 4.78 is 20.3. The van der Waals surface area contributed by atoms with Crippen LogP contribution in [0.1, 0.15) is 52.4 Å². The first-order valence-electron chi connectivity index (χ1n) is 8.23. The molecule has 0 amide bonds. The van der Waals surface area contributed by atoms with Crippen molar-refractivity contribution in [3.05, 3.63) is 23.3 Å². The zero-order chi connectivity index (χ0) is 18.4. The second kappa shape index (κ2) is 8.50. The van der Waals surface area contributed by atoms with Gasteiger partial charge < -0.3 is 0 Å². The van der Waals surface area contributed by atoms with Gasteiger partial charge in [0.2, 0.25) is 0 Å². The van der Waals surface area contributed by atoms with Gasteiger partial charge >= 0.3 is 151 Å². The van der Waals surface area contributed by atoms with E-state index in [2.05, 4.69) is 0 Å². The molecule has 136 valence electrons. The summed E-state index contributed by atoms with van der Waals surface area (Å²) >= 11 is -5.48. The number of unbranched alkanes of at least 4 members (excludes halogenated alkanes) is 2. The van der Waals surface area contributed by atoms with Gasteiger partial charge in [0, 0.05) is 0 Å². The first kappa shape index (κ1) is 19.5. The summed E-state index contributed by atoms with van der Waals surface area (Å²) in [4.78, 5) is 48.5. The summed E-state index contributed by atoms with van der Waals surface area (Å²) in [5, 5.41) is 0. The van der Waals surface area contributed by atoms with Crippen molar-refractivity contribution in [1.29, 1.82) is 0 Å². The Morgan fingerprint density at radius 1 is 0.720 bits per heavy atom. The molecule has 2 aliphatic heterocycles. The SMILES string of the molecule is CCCCC1=CC(=O)[O][Sn]2([O]C(=O)C=C(CCCC)C(=O)[O]2)[O]C1=O. The third-order valence-electron chi connectivity index (χ3n) is 3.59. The van der Waals surface area contributed by atoms with Crippen LogP contribution in [0.25, 0.3) is 0 Å². The molecule has 0 aliphatic carbocycles. The van der Waals surface area contributed by atoms with E-state index in [1.807, 2.05) is 13.8 Å². The number of hydrogen-bond acceptors (Lipinski definition) is 8. The van der Waals surface area contributed by atoms with Crippen molar-refractivity contribution in [2.24, 2.45) is 0 Å².